The number of hydrogen-bond acceptors (Lipinski definition) is 5. The summed E-state index contributed by atoms with van der Waals surface area (Å²) < 4.78 is 7.03. The molecule has 1 aliphatic heterocycles. The highest BCUT2D eigenvalue weighted by Crippen LogP contribution is 2.42. The van der Waals surface area contributed by atoms with E-state index in [1.54, 1.807) is 6.92 Å². The van der Waals surface area contributed by atoms with Crippen LogP contribution in [0.4, 0.5) is 0 Å². The summed E-state index contributed by atoms with van der Waals surface area (Å²) in [6.45, 7) is 1.67. The Morgan fingerprint density at radius 1 is 1.70 bits per heavy atom. The second kappa shape index (κ2) is 5.56. The summed E-state index contributed by atoms with van der Waals surface area (Å²) in [5.41, 5.74) is 6.03. The lowest BCUT2D eigenvalue weighted by Crippen LogP contribution is -2.40. The number of halogens is 1. The zero-order valence-electron chi connectivity index (χ0n) is 10.4. The molecular weight excluding hydrogens is 381 g/mol. The predicted molar refractivity (Wildman–Crippen MR) is 77.4 cm³/mol. The van der Waals surface area contributed by atoms with Gasteiger partial charge in [-0.3, -0.25) is 14.3 Å². The standard InChI is InChI=1S/C10H12IN5O4/c1-5-7(18)10(4-11,14-15-12)20-8(5)16-3-2-6(17)13-9(16)19/h2-3,5,7-8,18H,4H2,1H3,(H,13,17,19)/t5-,7-,8+,10+/m0/s1. The Kier molecular flexibility index (Phi) is 4.18. The van der Waals surface area contributed by atoms with Gasteiger partial charge in [0.05, 0.1) is 6.10 Å². The molecule has 1 aliphatic rings. The van der Waals surface area contributed by atoms with Crippen molar-refractivity contribution in [3.05, 3.63) is 43.5 Å². The highest BCUT2D eigenvalue weighted by Gasteiger charge is 2.52. The molecule has 10 heteroatoms. The van der Waals surface area contributed by atoms with Crippen LogP contribution in [0.15, 0.2) is 27.0 Å². The van der Waals surface area contributed by atoms with Crippen LogP contribution < -0.4 is 11.2 Å². The van der Waals surface area contributed by atoms with Gasteiger partial charge in [0.25, 0.3) is 5.56 Å². The minimum atomic E-state index is -1.42. The first-order chi connectivity index (χ1) is 9.45. The molecule has 0 saturated carbocycles. The van der Waals surface area contributed by atoms with Crippen molar-refractivity contribution in [3.8, 4) is 0 Å². The van der Waals surface area contributed by atoms with E-state index in [0.717, 1.165) is 4.57 Å². The molecule has 20 heavy (non-hydrogen) atoms. The third-order valence-electron chi connectivity index (χ3n) is 3.27. The van der Waals surface area contributed by atoms with E-state index in [1.807, 2.05) is 22.6 Å². The van der Waals surface area contributed by atoms with Crippen LogP contribution in [0, 0.1) is 5.92 Å². The Bertz CT molecular complexity index is 666. The van der Waals surface area contributed by atoms with Gasteiger partial charge in [-0.25, -0.2) is 4.79 Å². The topological polar surface area (TPSA) is 133 Å². The van der Waals surface area contributed by atoms with Crippen molar-refractivity contribution in [1.29, 1.82) is 0 Å². The van der Waals surface area contributed by atoms with E-state index in [-0.39, 0.29) is 4.43 Å². The largest absolute Gasteiger partial charge is 0.389 e. The molecule has 0 aliphatic carbocycles. The first kappa shape index (κ1) is 15.0. The molecular formula is C10H12IN5O4. The molecule has 2 N–H and O–H groups in total. The SMILES string of the molecule is C[C@@H]1[C@H](n2ccc(=O)[nH]c2=O)O[C@@](CI)(N=[N+]=[N-])[C@H]1O. The van der Waals surface area contributed by atoms with Gasteiger partial charge in [0.2, 0.25) is 0 Å². The molecule has 1 aromatic heterocycles. The number of hydrogen-bond donors (Lipinski definition) is 2. The van der Waals surface area contributed by atoms with E-state index < -0.39 is 35.2 Å². The molecule has 9 nitrogen and oxygen atoms in total. The van der Waals surface area contributed by atoms with Gasteiger partial charge in [-0.15, -0.1) is 0 Å². The zero-order valence-corrected chi connectivity index (χ0v) is 12.6. The van der Waals surface area contributed by atoms with Crippen LogP contribution in [0.3, 0.4) is 0 Å². The Labute approximate surface area is 126 Å². The van der Waals surface area contributed by atoms with E-state index in [0.29, 0.717) is 0 Å². The second-order valence-corrected chi connectivity index (χ2v) is 5.26. The van der Waals surface area contributed by atoms with Gasteiger partial charge in [0, 0.05) is 27.5 Å². The van der Waals surface area contributed by atoms with Gasteiger partial charge < -0.3 is 9.84 Å². The first-order valence-corrected chi connectivity index (χ1v) is 7.27. The van der Waals surface area contributed by atoms with Crippen LogP contribution in [-0.4, -0.2) is 30.9 Å². The molecule has 1 saturated heterocycles. The molecule has 2 rings (SSSR count). The number of nitrogens with zero attached hydrogens (tertiary/aromatic N) is 4. The Balaban J connectivity index is 2.47. The van der Waals surface area contributed by atoms with Gasteiger partial charge >= 0.3 is 5.69 Å². The average Bonchev–Trinajstić information content (AvgIpc) is 2.65. The Morgan fingerprint density at radius 2 is 2.40 bits per heavy atom. The van der Waals surface area contributed by atoms with Crippen LogP contribution >= 0.6 is 22.6 Å². The molecule has 1 fully saturated rings. The summed E-state index contributed by atoms with van der Waals surface area (Å²) in [5.74, 6) is -0.487. The van der Waals surface area contributed by atoms with Crippen LogP contribution in [0.5, 0.6) is 0 Å². The van der Waals surface area contributed by atoms with E-state index in [1.165, 1.54) is 12.3 Å². The summed E-state index contributed by atoms with van der Waals surface area (Å²) in [6.07, 6.45) is -0.595. The molecule has 0 unspecified atom stereocenters. The number of aliphatic hydroxyl groups is 1. The van der Waals surface area contributed by atoms with Gasteiger partial charge in [0.1, 0.15) is 6.23 Å². The predicted octanol–water partition coefficient (Wildman–Crippen LogP) is 0.504. The lowest BCUT2D eigenvalue weighted by atomic mass is 9.99. The number of azide groups is 1. The van der Waals surface area contributed by atoms with Crippen molar-refractivity contribution >= 4 is 22.6 Å². The summed E-state index contributed by atoms with van der Waals surface area (Å²) >= 11 is 1.94. The van der Waals surface area contributed by atoms with Crippen LogP contribution in [0.25, 0.3) is 10.4 Å². The van der Waals surface area contributed by atoms with Gasteiger partial charge in [-0.1, -0.05) is 34.6 Å². The van der Waals surface area contributed by atoms with Gasteiger partial charge in [-0.05, 0) is 5.53 Å². The number of aliphatic hydroxyl groups excluding tert-OH is 1. The monoisotopic (exact) mass is 393 g/mol. The van der Waals surface area contributed by atoms with Crippen molar-refractivity contribution in [2.24, 2.45) is 11.0 Å². The molecule has 0 bridgehead atoms. The lowest BCUT2D eigenvalue weighted by Gasteiger charge is -2.24. The fourth-order valence-electron chi connectivity index (χ4n) is 2.19. The molecule has 108 valence electrons. The molecule has 0 aromatic carbocycles. The highest BCUT2D eigenvalue weighted by molar-refractivity contribution is 14.1. The molecule has 0 spiro atoms. The number of alkyl halides is 1. The minimum Gasteiger partial charge on any atom is -0.389 e. The number of aromatic amines is 1. The Morgan fingerprint density at radius 3 is 2.95 bits per heavy atom. The lowest BCUT2D eigenvalue weighted by molar-refractivity contribution is -0.0828. The van der Waals surface area contributed by atoms with Crippen molar-refractivity contribution in [3.63, 3.8) is 0 Å². The number of H-pyrrole nitrogens is 1. The van der Waals surface area contributed by atoms with Crippen molar-refractivity contribution in [2.75, 3.05) is 4.43 Å². The third kappa shape index (κ3) is 2.35. The maximum absolute atomic E-state index is 11.8. The number of aromatic nitrogens is 2. The summed E-state index contributed by atoms with van der Waals surface area (Å²) in [7, 11) is 0. The molecule has 4 atom stereocenters. The summed E-state index contributed by atoms with van der Waals surface area (Å²) in [5, 5.41) is 13.8. The normalized spacial score (nSPS) is 32.9. The Hall–Kier alpha value is -1.36. The van der Waals surface area contributed by atoms with Crippen LogP contribution in [0.1, 0.15) is 13.2 Å². The maximum Gasteiger partial charge on any atom is 0.330 e. The zero-order chi connectivity index (χ0) is 14.9. The summed E-state index contributed by atoms with van der Waals surface area (Å²) in [6, 6.07) is 1.18. The molecule has 1 aromatic rings. The van der Waals surface area contributed by atoms with E-state index in [4.69, 9.17) is 10.3 Å². The fourth-order valence-corrected chi connectivity index (χ4v) is 2.97. The smallest absolute Gasteiger partial charge is 0.330 e. The van der Waals surface area contributed by atoms with Crippen LogP contribution in [-0.2, 0) is 4.74 Å². The number of nitrogens with one attached hydrogen (secondary N) is 1. The van der Waals surface area contributed by atoms with Crippen LogP contribution in [0.2, 0.25) is 0 Å². The van der Waals surface area contributed by atoms with Crippen molar-refractivity contribution < 1.29 is 9.84 Å². The second-order valence-electron chi connectivity index (χ2n) is 4.50. The molecule has 2 heterocycles. The number of ether oxygens (including phenoxy) is 1. The highest BCUT2D eigenvalue weighted by atomic mass is 127. The van der Waals surface area contributed by atoms with Gasteiger partial charge in [-0.2, -0.15) is 0 Å². The third-order valence-corrected chi connectivity index (χ3v) is 4.36. The maximum atomic E-state index is 11.8. The summed E-state index contributed by atoms with van der Waals surface area (Å²) in [4.78, 5) is 27.7. The number of rotatable bonds is 3. The van der Waals surface area contributed by atoms with Crippen molar-refractivity contribution in [2.45, 2.75) is 25.0 Å². The average molecular weight is 393 g/mol. The van der Waals surface area contributed by atoms with Gasteiger partial charge in [0.15, 0.2) is 5.72 Å². The van der Waals surface area contributed by atoms with E-state index in [9.17, 15) is 14.7 Å². The van der Waals surface area contributed by atoms with E-state index in [2.05, 4.69) is 15.0 Å². The van der Waals surface area contributed by atoms with E-state index >= 15 is 0 Å². The van der Waals surface area contributed by atoms with Crippen molar-refractivity contribution in [1.82, 2.24) is 9.55 Å². The molecule has 0 amide bonds. The first-order valence-electron chi connectivity index (χ1n) is 5.75. The molecule has 0 radical (unpaired) electrons. The quantitative estimate of drug-likeness (QED) is 0.254. The minimum absolute atomic E-state index is 0.231. The fraction of sp³-hybridized carbons (Fsp3) is 0.600.